The number of ether oxygens (including phenoxy) is 1. The number of aromatic carboxylic acids is 1. The monoisotopic (exact) mass is 338 g/mol. The first-order valence-corrected chi connectivity index (χ1v) is 7.35. The average molecular weight is 338 g/mol. The Kier molecular flexibility index (Phi) is 4.70. The molecule has 0 aliphatic heterocycles. The van der Waals surface area contributed by atoms with Crippen LogP contribution < -0.4 is 5.32 Å². The van der Waals surface area contributed by atoms with Crippen molar-refractivity contribution in [1.29, 1.82) is 0 Å². The van der Waals surface area contributed by atoms with E-state index >= 15 is 0 Å². The highest BCUT2D eigenvalue weighted by Crippen LogP contribution is 2.15. The van der Waals surface area contributed by atoms with Gasteiger partial charge in [-0.25, -0.2) is 14.3 Å². The van der Waals surface area contributed by atoms with Crippen LogP contribution in [0.4, 0.5) is 10.5 Å². The molecule has 1 aromatic heterocycles. The number of anilines is 1. The summed E-state index contributed by atoms with van der Waals surface area (Å²) < 4.78 is 6.46. The summed E-state index contributed by atoms with van der Waals surface area (Å²) in [5, 5.41) is 18.8. The molecule has 3 aromatic rings. The highest BCUT2D eigenvalue weighted by molar-refractivity contribution is 5.85. The predicted molar refractivity (Wildman–Crippen MR) is 88.6 cm³/mol. The molecule has 0 saturated heterocycles. The lowest BCUT2D eigenvalue weighted by atomic mass is 10.2. The zero-order valence-corrected chi connectivity index (χ0v) is 13.0. The van der Waals surface area contributed by atoms with Crippen LogP contribution in [0.3, 0.4) is 0 Å². The van der Waals surface area contributed by atoms with Gasteiger partial charge in [-0.15, -0.1) is 5.10 Å². The number of nitrogens with zero attached hydrogens (tertiary/aromatic N) is 3. The number of carbonyl (C=O) groups excluding carboxylic acids is 1. The van der Waals surface area contributed by atoms with E-state index in [9.17, 15) is 9.59 Å². The molecule has 126 valence electrons. The Morgan fingerprint density at radius 3 is 2.64 bits per heavy atom. The Hall–Kier alpha value is -3.68. The lowest BCUT2D eigenvalue weighted by molar-refractivity contribution is 0.0690. The van der Waals surface area contributed by atoms with Gasteiger partial charge in [-0.05, 0) is 23.8 Å². The molecule has 0 spiro atoms. The van der Waals surface area contributed by atoms with Gasteiger partial charge in [-0.1, -0.05) is 41.6 Å². The molecule has 1 amide bonds. The summed E-state index contributed by atoms with van der Waals surface area (Å²) >= 11 is 0. The fourth-order valence-corrected chi connectivity index (χ4v) is 2.09. The van der Waals surface area contributed by atoms with E-state index < -0.39 is 12.1 Å². The molecule has 2 N–H and O–H groups in total. The first-order chi connectivity index (χ1) is 12.1. The van der Waals surface area contributed by atoms with Crippen molar-refractivity contribution in [2.45, 2.75) is 6.61 Å². The summed E-state index contributed by atoms with van der Waals surface area (Å²) in [6.07, 6.45) is 0.695. The molecule has 0 radical (unpaired) electrons. The standard InChI is InChI=1S/C17H14N4O4/c22-16(23)15-10-21(20-19-15)14-8-4-7-13(9-14)18-17(24)25-11-12-5-2-1-3-6-12/h1-10H,11H2,(H,18,24)(H,22,23). The van der Waals surface area contributed by atoms with Crippen LogP contribution in [0.15, 0.2) is 60.8 Å². The van der Waals surface area contributed by atoms with Crippen LogP contribution in [0.25, 0.3) is 5.69 Å². The minimum atomic E-state index is -1.16. The van der Waals surface area contributed by atoms with E-state index in [1.807, 2.05) is 30.3 Å². The average Bonchev–Trinajstić information content (AvgIpc) is 3.12. The molecule has 0 unspecified atom stereocenters. The maximum atomic E-state index is 11.9. The van der Waals surface area contributed by atoms with Crippen molar-refractivity contribution in [3.05, 3.63) is 72.1 Å². The normalized spacial score (nSPS) is 10.2. The van der Waals surface area contributed by atoms with Crippen molar-refractivity contribution in [3.8, 4) is 5.69 Å². The zero-order chi connectivity index (χ0) is 17.6. The van der Waals surface area contributed by atoms with Gasteiger partial charge in [-0.2, -0.15) is 0 Å². The zero-order valence-electron chi connectivity index (χ0n) is 13.0. The van der Waals surface area contributed by atoms with E-state index in [-0.39, 0.29) is 12.3 Å². The third-order valence-corrected chi connectivity index (χ3v) is 3.28. The molecule has 0 fully saturated rings. The van der Waals surface area contributed by atoms with Gasteiger partial charge in [0.05, 0.1) is 11.9 Å². The lowest BCUT2D eigenvalue weighted by Gasteiger charge is -2.08. The minimum Gasteiger partial charge on any atom is -0.476 e. The smallest absolute Gasteiger partial charge is 0.411 e. The van der Waals surface area contributed by atoms with Gasteiger partial charge in [0.15, 0.2) is 5.69 Å². The van der Waals surface area contributed by atoms with Crippen LogP contribution in [0, 0.1) is 0 Å². The largest absolute Gasteiger partial charge is 0.476 e. The molecule has 3 rings (SSSR count). The van der Waals surface area contributed by atoms with Gasteiger partial charge in [0.1, 0.15) is 6.61 Å². The van der Waals surface area contributed by atoms with Crippen LogP contribution in [0.2, 0.25) is 0 Å². The molecular formula is C17H14N4O4. The van der Waals surface area contributed by atoms with Crippen molar-refractivity contribution in [1.82, 2.24) is 15.0 Å². The molecule has 25 heavy (non-hydrogen) atoms. The Balaban J connectivity index is 1.64. The number of benzene rings is 2. The molecule has 1 heterocycles. The molecule has 0 saturated carbocycles. The highest BCUT2D eigenvalue weighted by Gasteiger charge is 2.10. The number of nitrogens with one attached hydrogen (secondary N) is 1. The van der Waals surface area contributed by atoms with Crippen LogP contribution >= 0.6 is 0 Å². The minimum absolute atomic E-state index is 0.164. The summed E-state index contributed by atoms with van der Waals surface area (Å²) in [7, 11) is 0. The summed E-state index contributed by atoms with van der Waals surface area (Å²) in [5.74, 6) is -1.16. The number of aromatic nitrogens is 3. The molecule has 8 heteroatoms. The van der Waals surface area contributed by atoms with E-state index in [1.54, 1.807) is 24.3 Å². The van der Waals surface area contributed by atoms with E-state index in [4.69, 9.17) is 9.84 Å². The number of amides is 1. The van der Waals surface area contributed by atoms with Gasteiger partial charge < -0.3 is 9.84 Å². The fourth-order valence-electron chi connectivity index (χ4n) is 2.09. The number of hydrogen-bond donors (Lipinski definition) is 2. The first-order valence-electron chi connectivity index (χ1n) is 7.35. The Morgan fingerprint density at radius 2 is 1.92 bits per heavy atom. The molecule has 0 atom stereocenters. The van der Waals surface area contributed by atoms with Crippen molar-refractivity contribution < 1.29 is 19.4 Å². The first kappa shape index (κ1) is 16.2. The van der Waals surface area contributed by atoms with Crippen molar-refractivity contribution in [2.75, 3.05) is 5.32 Å². The third-order valence-electron chi connectivity index (χ3n) is 3.28. The van der Waals surface area contributed by atoms with Crippen LogP contribution in [0.5, 0.6) is 0 Å². The predicted octanol–water partition coefficient (Wildman–Crippen LogP) is 2.71. The van der Waals surface area contributed by atoms with Crippen molar-refractivity contribution >= 4 is 17.7 Å². The number of rotatable bonds is 5. The molecule has 0 aliphatic carbocycles. The number of carbonyl (C=O) groups is 2. The van der Waals surface area contributed by atoms with Gasteiger partial charge in [-0.3, -0.25) is 5.32 Å². The Bertz CT molecular complexity index is 892. The summed E-state index contributed by atoms with van der Waals surface area (Å²) in [5.41, 5.74) is 1.76. The van der Waals surface area contributed by atoms with Crippen LogP contribution in [-0.2, 0) is 11.3 Å². The summed E-state index contributed by atoms with van der Waals surface area (Å²) in [4.78, 5) is 22.7. The lowest BCUT2D eigenvalue weighted by Crippen LogP contribution is -2.13. The Labute approximate surface area is 142 Å². The highest BCUT2D eigenvalue weighted by atomic mass is 16.5. The van der Waals surface area contributed by atoms with Crippen LogP contribution in [-0.4, -0.2) is 32.2 Å². The van der Waals surface area contributed by atoms with E-state index in [0.29, 0.717) is 11.4 Å². The fraction of sp³-hybridized carbons (Fsp3) is 0.0588. The number of carboxylic acids is 1. The molecule has 0 aliphatic rings. The van der Waals surface area contributed by atoms with Gasteiger partial charge >= 0.3 is 12.1 Å². The maximum absolute atomic E-state index is 11.9. The van der Waals surface area contributed by atoms with Gasteiger partial charge in [0.2, 0.25) is 0 Å². The summed E-state index contributed by atoms with van der Waals surface area (Å²) in [6, 6.07) is 16.1. The maximum Gasteiger partial charge on any atom is 0.411 e. The van der Waals surface area contributed by atoms with E-state index in [1.165, 1.54) is 10.9 Å². The molecule has 2 aromatic carbocycles. The molecule has 0 bridgehead atoms. The molecular weight excluding hydrogens is 324 g/mol. The second-order valence-corrected chi connectivity index (χ2v) is 5.09. The van der Waals surface area contributed by atoms with E-state index in [2.05, 4.69) is 15.6 Å². The Morgan fingerprint density at radius 1 is 1.12 bits per heavy atom. The summed E-state index contributed by atoms with van der Waals surface area (Å²) in [6.45, 7) is 0.164. The molecule has 8 nitrogen and oxygen atoms in total. The second-order valence-electron chi connectivity index (χ2n) is 5.09. The topological polar surface area (TPSA) is 106 Å². The van der Waals surface area contributed by atoms with Gasteiger partial charge in [0, 0.05) is 5.69 Å². The van der Waals surface area contributed by atoms with Crippen molar-refractivity contribution in [2.24, 2.45) is 0 Å². The quantitative estimate of drug-likeness (QED) is 0.741. The van der Waals surface area contributed by atoms with Crippen molar-refractivity contribution in [3.63, 3.8) is 0 Å². The third kappa shape index (κ3) is 4.20. The SMILES string of the molecule is O=C(Nc1cccc(-n2cc(C(=O)O)nn2)c1)OCc1ccccc1. The number of carboxylic acid groups (broad SMARTS) is 1. The second kappa shape index (κ2) is 7.26. The van der Waals surface area contributed by atoms with Gasteiger partial charge in [0.25, 0.3) is 0 Å². The van der Waals surface area contributed by atoms with Crippen LogP contribution in [0.1, 0.15) is 16.1 Å². The van der Waals surface area contributed by atoms with E-state index in [0.717, 1.165) is 5.56 Å². The number of hydrogen-bond acceptors (Lipinski definition) is 5.